The van der Waals surface area contributed by atoms with E-state index in [4.69, 9.17) is 4.74 Å². The van der Waals surface area contributed by atoms with Gasteiger partial charge < -0.3 is 15.2 Å². The predicted molar refractivity (Wildman–Crippen MR) is 83.7 cm³/mol. The van der Waals surface area contributed by atoms with Gasteiger partial charge in [0.15, 0.2) is 0 Å². The first-order chi connectivity index (χ1) is 9.77. The van der Waals surface area contributed by atoms with Gasteiger partial charge in [0.2, 0.25) is 0 Å². The predicted octanol–water partition coefficient (Wildman–Crippen LogP) is 3.00. The minimum absolute atomic E-state index is 0.0304. The molecule has 6 heteroatoms. The van der Waals surface area contributed by atoms with Crippen molar-refractivity contribution in [2.45, 2.75) is 73.0 Å². The van der Waals surface area contributed by atoms with E-state index in [-0.39, 0.29) is 12.2 Å². The molecule has 0 spiro atoms. The van der Waals surface area contributed by atoms with Crippen LogP contribution in [0.15, 0.2) is 0 Å². The van der Waals surface area contributed by atoms with E-state index in [9.17, 15) is 19.5 Å². The number of carbonyl (C=O) groups excluding carboxylic acids is 2. The van der Waals surface area contributed by atoms with Crippen molar-refractivity contribution >= 4 is 17.8 Å². The summed E-state index contributed by atoms with van der Waals surface area (Å²) in [5.74, 6) is -1.73. The molecule has 0 saturated heterocycles. The molecule has 22 heavy (non-hydrogen) atoms. The third kappa shape index (κ3) is 7.43. The lowest BCUT2D eigenvalue weighted by molar-refractivity contribution is -0.142. The van der Waals surface area contributed by atoms with Crippen LogP contribution in [0, 0.1) is 11.3 Å². The maximum atomic E-state index is 11.9. The zero-order valence-electron chi connectivity index (χ0n) is 14.6. The van der Waals surface area contributed by atoms with Crippen molar-refractivity contribution in [3.05, 3.63) is 0 Å². The van der Waals surface area contributed by atoms with Crippen molar-refractivity contribution in [1.29, 1.82) is 0 Å². The number of Topliss-reactive ketones (excluding diaryl/α,β-unsaturated/α-hetero) is 1. The molecule has 0 radical (unpaired) electrons. The van der Waals surface area contributed by atoms with Crippen molar-refractivity contribution in [1.82, 2.24) is 5.32 Å². The van der Waals surface area contributed by atoms with Crippen LogP contribution in [0.3, 0.4) is 0 Å². The number of ether oxygens (including phenoxy) is 1. The number of amides is 1. The number of ketones is 1. The molecule has 0 aliphatic heterocycles. The normalized spacial score (nSPS) is 14.9. The quantitative estimate of drug-likeness (QED) is 0.786. The first-order valence-electron chi connectivity index (χ1n) is 7.52. The number of carbonyl (C=O) groups is 3. The van der Waals surface area contributed by atoms with Crippen LogP contribution in [0.5, 0.6) is 0 Å². The van der Waals surface area contributed by atoms with Crippen LogP contribution >= 0.6 is 0 Å². The highest BCUT2D eigenvalue weighted by Crippen LogP contribution is 2.32. The summed E-state index contributed by atoms with van der Waals surface area (Å²) in [5.41, 5.74) is -1.17. The highest BCUT2D eigenvalue weighted by Gasteiger charge is 2.39. The van der Waals surface area contributed by atoms with E-state index in [2.05, 4.69) is 5.32 Å². The molecule has 0 aromatic rings. The minimum atomic E-state index is -1.18. The van der Waals surface area contributed by atoms with Crippen molar-refractivity contribution < 1.29 is 24.2 Å². The number of hydrogen-bond donors (Lipinski definition) is 2. The van der Waals surface area contributed by atoms with E-state index in [1.807, 2.05) is 20.8 Å². The number of aliphatic carboxylic acids is 1. The van der Waals surface area contributed by atoms with Gasteiger partial charge in [0.1, 0.15) is 17.4 Å². The molecule has 1 amide bonds. The van der Waals surface area contributed by atoms with Crippen LogP contribution in [-0.4, -0.2) is 34.6 Å². The number of nitrogens with one attached hydrogen (secondary N) is 1. The standard InChI is InChI=1S/C16H29NO5/c1-8-10(18)9-11(15(2,3)4)12(13(19)20)17-14(21)22-16(5,6)7/h11-12H,8-9H2,1-7H3,(H,17,21)(H,19,20)/t11-,12?/m1/s1. The Kier molecular flexibility index (Phi) is 7.06. The Balaban J connectivity index is 5.27. The Hall–Kier alpha value is -1.59. The first kappa shape index (κ1) is 20.4. The third-order valence-electron chi connectivity index (χ3n) is 3.29. The topological polar surface area (TPSA) is 92.7 Å². The molecule has 6 nitrogen and oxygen atoms in total. The lowest BCUT2D eigenvalue weighted by Gasteiger charge is -2.35. The number of hydrogen-bond acceptors (Lipinski definition) is 4. The van der Waals surface area contributed by atoms with Gasteiger partial charge in [0.25, 0.3) is 0 Å². The van der Waals surface area contributed by atoms with Gasteiger partial charge in [0.05, 0.1) is 0 Å². The van der Waals surface area contributed by atoms with Crippen molar-refractivity contribution in [3.63, 3.8) is 0 Å². The maximum Gasteiger partial charge on any atom is 0.408 e. The van der Waals surface area contributed by atoms with Gasteiger partial charge in [-0.3, -0.25) is 4.79 Å². The molecule has 0 aromatic carbocycles. The number of carboxylic acids is 1. The summed E-state index contributed by atoms with van der Waals surface area (Å²) >= 11 is 0. The lowest BCUT2D eigenvalue weighted by Crippen LogP contribution is -2.51. The van der Waals surface area contributed by atoms with Gasteiger partial charge in [-0.05, 0) is 26.2 Å². The van der Waals surface area contributed by atoms with E-state index < -0.39 is 35.0 Å². The van der Waals surface area contributed by atoms with Gasteiger partial charge >= 0.3 is 12.1 Å². The zero-order valence-corrected chi connectivity index (χ0v) is 14.6. The van der Waals surface area contributed by atoms with Gasteiger partial charge in [-0.15, -0.1) is 0 Å². The SMILES string of the molecule is CCC(=O)C[C@H](C(NC(=O)OC(C)(C)C)C(=O)O)C(C)(C)C. The molecule has 0 heterocycles. The third-order valence-corrected chi connectivity index (χ3v) is 3.29. The molecule has 128 valence electrons. The Morgan fingerprint density at radius 1 is 1.09 bits per heavy atom. The molecule has 0 aromatic heterocycles. The molecule has 0 saturated carbocycles. The molecular formula is C16H29NO5. The average Bonchev–Trinajstić information content (AvgIpc) is 2.29. The van der Waals surface area contributed by atoms with Gasteiger partial charge in [0, 0.05) is 18.8 Å². The van der Waals surface area contributed by atoms with E-state index in [1.165, 1.54) is 0 Å². The summed E-state index contributed by atoms with van der Waals surface area (Å²) in [6.45, 7) is 12.4. The maximum absolute atomic E-state index is 11.9. The summed E-state index contributed by atoms with van der Waals surface area (Å²) in [5, 5.41) is 11.9. The number of carboxylic acid groups (broad SMARTS) is 1. The Morgan fingerprint density at radius 3 is 1.91 bits per heavy atom. The van der Waals surface area contributed by atoms with E-state index in [1.54, 1.807) is 27.7 Å². The summed E-state index contributed by atoms with van der Waals surface area (Å²) < 4.78 is 5.11. The zero-order chi connectivity index (χ0) is 17.7. The molecule has 0 bridgehead atoms. The molecule has 1 unspecified atom stereocenters. The Labute approximate surface area is 132 Å². The van der Waals surface area contributed by atoms with Crippen LogP contribution in [0.2, 0.25) is 0 Å². The fourth-order valence-electron chi connectivity index (χ4n) is 2.08. The lowest BCUT2D eigenvalue weighted by atomic mass is 9.73. The largest absolute Gasteiger partial charge is 0.480 e. The van der Waals surface area contributed by atoms with Gasteiger partial charge in [-0.25, -0.2) is 9.59 Å². The molecule has 0 fully saturated rings. The van der Waals surface area contributed by atoms with Crippen LogP contribution in [0.1, 0.15) is 61.3 Å². The van der Waals surface area contributed by atoms with Gasteiger partial charge in [-0.1, -0.05) is 27.7 Å². The Morgan fingerprint density at radius 2 is 1.59 bits per heavy atom. The van der Waals surface area contributed by atoms with Crippen molar-refractivity contribution in [3.8, 4) is 0 Å². The second kappa shape index (κ2) is 7.61. The highest BCUT2D eigenvalue weighted by molar-refractivity contribution is 5.83. The second-order valence-corrected chi connectivity index (χ2v) is 7.53. The minimum Gasteiger partial charge on any atom is -0.480 e. The van der Waals surface area contributed by atoms with Crippen LogP contribution < -0.4 is 5.32 Å². The van der Waals surface area contributed by atoms with Crippen LogP contribution in [-0.2, 0) is 14.3 Å². The fourth-order valence-corrected chi connectivity index (χ4v) is 2.08. The summed E-state index contributed by atoms with van der Waals surface area (Å²) in [6, 6.07) is -1.18. The molecule has 0 aliphatic rings. The second-order valence-electron chi connectivity index (χ2n) is 7.53. The van der Waals surface area contributed by atoms with Crippen molar-refractivity contribution in [2.75, 3.05) is 0 Å². The number of alkyl carbamates (subject to hydrolysis) is 1. The monoisotopic (exact) mass is 315 g/mol. The van der Waals surface area contributed by atoms with Crippen LogP contribution in [0.25, 0.3) is 0 Å². The van der Waals surface area contributed by atoms with Crippen LogP contribution in [0.4, 0.5) is 4.79 Å². The number of rotatable bonds is 6. The smallest absolute Gasteiger partial charge is 0.408 e. The summed E-state index contributed by atoms with van der Waals surface area (Å²) in [4.78, 5) is 35.2. The van der Waals surface area contributed by atoms with E-state index in [0.717, 1.165) is 0 Å². The molecule has 2 N–H and O–H groups in total. The molecular weight excluding hydrogens is 286 g/mol. The first-order valence-corrected chi connectivity index (χ1v) is 7.52. The van der Waals surface area contributed by atoms with Gasteiger partial charge in [-0.2, -0.15) is 0 Å². The molecule has 0 rings (SSSR count). The molecule has 0 aliphatic carbocycles. The Bertz CT molecular complexity index is 417. The average molecular weight is 315 g/mol. The summed E-state index contributed by atoms with van der Waals surface area (Å²) in [6.07, 6.45) is -0.351. The summed E-state index contributed by atoms with van der Waals surface area (Å²) in [7, 11) is 0. The van der Waals surface area contributed by atoms with Crippen molar-refractivity contribution in [2.24, 2.45) is 11.3 Å². The van der Waals surface area contributed by atoms with E-state index >= 15 is 0 Å². The molecule has 2 atom stereocenters. The van der Waals surface area contributed by atoms with E-state index in [0.29, 0.717) is 6.42 Å². The fraction of sp³-hybridized carbons (Fsp3) is 0.812. The highest BCUT2D eigenvalue weighted by atomic mass is 16.6.